The average molecular weight is 336 g/mol. The molecule has 1 aliphatic rings. The zero-order valence-corrected chi connectivity index (χ0v) is 14.6. The normalized spacial score (nSPS) is 13.3. The summed E-state index contributed by atoms with van der Waals surface area (Å²) in [4.78, 5) is 26.3. The third-order valence-corrected chi connectivity index (χ3v) is 4.32. The second kappa shape index (κ2) is 7.97. The van der Waals surface area contributed by atoms with Crippen molar-refractivity contribution in [3.05, 3.63) is 65.7 Å². The minimum atomic E-state index is 0.0519. The molecule has 1 fully saturated rings. The third kappa shape index (κ3) is 4.92. The van der Waals surface area contributed by atoms with Gasteiger partial charge >= 0.3 is 0 Å². The molecule has 3 rings (SSSR count). The van der Waals surface area contributed by atoms with Crippen LogP contribution in [0.5, 0.6) is 0 Å². The predicted octanol–water partition coefficient (Wildman–Crippen LogP) is 3.45. The van der Waals surface area contributed by atoms with Crippen molar-refractivity contribution in [1.29, 1.82) is 0 Å². The number of amides is 2. The number of nitrogens with zero attached hydrogens (tertiary/aromatic N) is 1. The first-order chi connectivity index (χ1) is 12.2. The number of hydrogen-bond acceptors (Lipinski definition) is 2. The minimum absolute atomic E-state index is 0.0519. The van der Waals surface area contributed by atoms with E-state index in [0.29, 0.717) is 25.4 Å². The molecule has 0 bridgehead atoms. The second-order valence-corrected chi connectivity index (χ2v) is 6.51. The fraction of sp³-hybridized carbons (Fsp3) is 0.333. The Labute approximate surface area is 148 Å². The Bertz CT molecular complexity index is 739. The summed E-state index contributed by atoms with van der Waals surface area (Å²) in [6, 6.07) is 18.0. The van der Waals surface area contributed by atoms with Gasteiger partial charge in [-0.05, 0) is 36.1 Å². The summed E-state index contributed by atoms with van der Waals surface area (Å²) in [5, 5.41) is 3.01. The molecule has 0 spiro atoms. The number of nitrogens with one attached hydrogen (secondary N) is 1. The van der Waals surface area contributed by atoms with Crippen molar-refractivity contribution in [3.63, 3.8) is 0 Å². The van der Waals surface area contributed by atoms with E-state index in [1.54, 1.807) is 4.90 Å². The maximum Gasteiger partial charge on any atom is 0.227 e. The van der Waals surface area contributed by atoms with Gasteiger partial charge in [-0.25, -0.2) is 0 Å². The van der Waals surface area contributed by atoms with Crippen molar-refractivity contribution >= 4 is 17.5 Å². The van der Waals surface area contributed by atoms with E-state index < -0.39 is 0 Å². The molecule has 25 heavy (non-hydrogen) atoms. The molecule has 0 atom stereocenters. The number of hydrogen-bond donors (Lipinski definition) is 1. The smallest absolute Gasteiger partial charge is 0.227 e. The van der Waals surface area contributed by atoms with E-state index in [2.05, 4.69) is 5.32 Å². The summed E-state index contributed by atoms with van der Waals surface area (Å²) in [7, 11) is 0. The second-order valence-electron chi connectivity index (χ2n) is 6.51. The molecular formula is C21H24N2O2. The SMILES string of the molecule is CCC(=O)N(Cc1ccccc1)c1cccc(CC(=O)NC2CC2)c1. The maximum atomic E-state index is 12.5. The van der Waals surface area contributed by atoms with Crippen LogP contribution in [0.2, 0.25) is 0 Å². The lowest BCUT2D eigenvalue weighted by atomic mass is 10.1. The van der Waals surface area contributed by atoms with E-state index in [4.69, 9.17) is 0 Å². The third-order valence-electron chi connectivity index (χ3n) is 4.32. The first kappa shape index (κ1) is 17.2. The van der Waals surface area contributed by atoms with Crippen molar-refractivity contribution in [1.82, 2.24) is 5.32 Å². The minimum Gasteiger partial charge on any atom is -0.353 e. The monoisotopic (exact) mass is 336 g/mol. The van der Waals surface area contributed by atoms with Crippen LogP contribution in [0.25, 0.3) is 0 Å². The molecule has 0 aliphatic heterocycles. The van der Waals surface area contributed by atoms with Gasteiger partial charge < -0.3 is 10.2 Å². The molecule has 2 amide bonds. The van der Waals surface area contributed by atoms with Crippen LogP contribution >= 0.6 is 0 Å². The summed E-state index contributed by atoms with van der Waals surface area (Å²) < 4.78 is 0. The summed E-state index contributed by atoms with van der Waals surface area (Å²) in [6.07, 6.45) is 2.96. The quantitative estimate of drug-likeness (QED) is 0.842. The van der Waals surface area contributed by atoms with Crippen LogP contribution in [0, 0.1) is 0 Å². The standard InChI is InChI=1S/C21H24N2O2/c1-2-21(25)23(15-16-7-4-3-5-8-16)19-10-6-9-17(13-19)14-20(24)22-18-11-12-18/h3-10,13,18H,2,11-12,14-15H2,1H3,(H,22,24). The van der Waals surface area contributed by atoms with E-state index in [1.807, 2.05) is 61.5 Å². The molecule has 1 aliphatic carbocycles. The number of rotatable bonds is 7. The van der Waals surface area contributed by atoms with E-state index in [0.717, 1.165) is 29.7 Å². The molecule has 0 aromatic heterocycles. The van der Waals surface area contributed by atoms with Crippen LogP contribution in [0.1, 0.15) is 37.3 Å². The summed E-state index contributed by atoms with van der Waals surface area (Å²) >= 11 is 0. The lowest BCUT2D eigenvalue weighted by Gasteiger charge is -2.23. The highest BCUT2D eigenvalue weighted by atomic mass is 16.2. The number of carbonyl (C=O) groups excluding carboxylic acids is 2. The highest BCUT2D eigenvalue weighted by Gasteiger charge is 2.23. The number of benzene rings is 2. The van der Waals surface area contributed by atoms with Crippen LogP contribution in [0.15, 0.2) is 54.6 Å². The van der Waals surface area contributed by atoms with Crippen molar-refractivity contribution in [3.8, 4) is 0 Å². The van der Waals surface area contributed by atoms with Gasteiger partial charge in [0.05, 0.1) is 13.0 Å². The first-order valence-corrected chi connectivity index (χ1v) is 8.88. The van der Waals surface area contributed by atoms with Crippen LogP contribution < -0.4 is 10.2 Å². The Morgan fingerprint density at radius 2 is 1.76 bits per heavy atom. The number of anilines is 1. The van der Waals surface area contributed by atoms with Crippen molar-refractivity contribution in [2.24, 2.45) is 0 Å². The van der Waals surface area contributed by atoms with E-state index >= 15 is 0 Å². The lowest BCUT2D eigenvalue weighted by Crippen LogP contribution is -2.30. The Morgan fingerprint density at radius 1 is 1.04 bits per heavy atom. The molecule has 0 unspecified atom stereocenters. The van der Waals surface area contributed by atoms with Crippen molar-refractivity contribution in [2.75, 3.05) is 4.90 Å². The van der Waals surface area contributed by atoms with E-state index in [9.17, 15) is 9.59 Å². The first-order valence-electron chi connectivity index (χ1n) is 8.88. The zero-order valence-electron chi connectivity index (χ0n) is 14.6. The van der Waals surface area contributed by atoms with Crippen molar-refractivity contribution in [2.45, 2.75) is 45.2 Å². The molecule has 130 valence electrons. The zero-order chi connectivity index (χ0) is 17.6. The molecule has 1 N–H and O–H groups in total. The van der Waals surface area contributed by atoms with Gasteiger partial charge in [-0.3, -0.25) is 9.59 Å². The summed E-state index contributed by atoms with van der Waals surface area (Å²) in [6.45, 7) is 2.40. The van der Waals surface area contributed by atoms with Gasteiger partial charge in [0, 0.05) is 18.2 Å². The van der Waals surface area contributed by atoms with Crippen molar-refractivity contribution < 1.29 is 9.59 Å². The summed E-state index contributed by atoms with van der Waals surface area (Å²) in [5.41, 5.74) is 2.85. The molecule has 1 saturated carbocycles. The number of carbonyl (C=O) groups is 2. The molecule has 2 aromatic rings. The maximum absolute atomic E-state index is 12.5. The molecule has 4 heteroatoms. The van der Waals surface area contributed by atoms with Crippen LogP contribution in [0.3, 0.4) is 0 Å². The highest BCUT2D eigenvalue weighted by Crippen LogP contribution is 2.22. The Balaban J connectivity index is 1.76. The molecule has 0 radical (unpaired) electrons. The highest BCUT2D eigenvalue weighted by molar-refractivity contribution is 5.93. The summed E-state index contributed by atoms with van der Waals surface area (Å²) in [5.74, 6) is 0.125. The Kier molecular flexibility index (Phi) is 5.49. The van der Waals surface area contributed by atoms with Crippen LogP contribution in [0.4, 0.5) is 5.69 Å². The molecule has 0 heterocycles. The average Bonchev–Trinajstić information content (AvgIpc) is 3.44. The van der Waals surface area contributed by atoms with Gasteiger partial charge in [0.1, 0.15) is 0 Å². The van der Waals surface area contributed by atoms with Gasteiger partial charge in [-0.15, -0.1) is 0 Å². The van der Waals surface area contributed by atoms with E-state index in [-0.39, 0.29) is 11.8 Å². The molecule has 4 nitrogen and oxygen atoms in total. The van der Waals surface area contributed by atoms with Crippen LogP contribution in [-0.2, 0) is 22.6 Å². The fourth-order valence-corrected chi connectivity index (χ4v) is 2.81. The van der Waals surface area contributed by atoms with Gasteiger partial charge in [0.25, 0.3) is 0 Å². The Morgan fingerprint density at radius 3 is 2.44 bits per heavy atom. The van der Waals surface area contributed by atoms with Gasteiger partial charge in [0.15, 0.2) is 0 Å². The van der Waals surface area contributed by atoms with Gasteiger partial charge in [0.2, 0.25) is 11.8 Å². The molecule has 2 aromatic carbocycles. The Hall–Kier alpha value is -2.62. The largest absolute Gasteiger partial charge is 0.353 e. The topological polar surface area (TPSA) is 49.4 Å². The predicted molar refractivity (Wildman–Crippen MR) is 99.2 cm³/mol. The molecule has 0 saturated heterocycles. The fourth-order valence-electron chi connectivity index (χ4n) is 2.81. The molecular weight excluding hydrogens is 312 g/mol. The van der Waals surface area contributed by atoms with Crippen LogP contribution in [-0.4, -0.2) is 17.9 Å². The van der Waals surface area contributed by atoms with E-state index in [1.165, 1.54) is 0 Å². The van der Waals surface area contributed by atoms with Gasteiger partial charge in [-0.1, -0.05) is 49.4 Å². The lowest BCUT2D eigenvalue weighted by molar-refractivity contribution is -0.120. The van der Waals surface area contributed by atoms with Gasteiger partial charge in [-0.2, -0.15) is 0 Å².